The molecule has 0 aromatic rings. The number of carbonyl (C=O) groups is 1. The van der Waals surface area contributed by atoms with Gasteiger partial charge >= 0.3 is 5.97 Å². The van der Waals surface area contributed by atoms with Crippen LogP contribution >= 0.6 is 0 Å². The fourth-order valence-electron chi connectivity index (χ4n) is 2.32. The van der Waals surface area contributed by atoms with E-state index in [-0.39, 0.29) is 11.9 Å². The number of hydrogen-bond donors (Lipinski definition) is 0. The lowest BCUT2D eigenvalue weighted by Crippen LogP contribution is -2.38. The van der Waals surface area contributed by atoms with Crippen LogP contribution in [0.4, 0.5) is 0 Å². The van der Waals surface area contributed by atoms with E-state index >= 15 is 0 Å². The third-order valence-corrected chi connectivity index (χ3v) is 3.39. The molecule has 0 spiro atoms. The Hall–Kier alpha value is -0.570. The predicted molar refractivity (Wildman–Crippen MR) is 65.3 cm³/mol. The van der Waals surface area contributed by atoms with Crippen LogP contribution in [0.25, 0.3) is 0 Å². The number of rotatable bonds is 4. The minimum atomic E-state index is -0.0565. The molecule has 1 aliphatic heterocycles. The van der Waals surface area contributed by atoms with Gasteiger partial charge in [-0.25, -0.2) is 0 Å². The molecule has 1 aliphatic rings. The van der Waals surface area contributed by atoms with Crippen molar-refractivity contribution in [1.82, 2.24) is 4.90 Å². The lowest BCUT2D eigenvalue weighted by Gasteiger charge is -2.28. The standard InChI is InChI=1S/C13H25NO2/c1-4-16-13(15)11(2)10-14-9-7-5-6-8-12(14)3/h11-12H,4-10H2,1-3H3. The summed E-state index contributed by atoms with van der Waals surface area (Å²) in [5.41, 5.74) is 0. The van der Waals surface area contributed by atoms with E-state index in [1.807, 2.05) is 13.8 Å². The lowest BCUT2D eigenvalue weighted by atomic mass is 10.1. The number of likely N-dealkylation sites (tertiary alicyclic amines) is 1. The average Bonchev–Trinajstić information content (AvgIpc) is 2.45. The Morgan fingerprint density at radius 2 is 2.19 bits per heavy atom. The topological polar surface area (TPSA) is 29.5 Å². The van der Waals surface area contributed by atoms with E-state index in [4.69, 9.17) is 4.74 Å². The van der Waals surface area contributed by atoms with Gasteiger partial charge in [0.1, 0.15) is 0 Å². The first-order valence-electron chi connectivity index (χ1n) is 6.55. The first-order valence-corrected chi connectivity index (χ1v) is 6.55. The molecule has 0 saturated carbocycles. The molecule has 2 atom stereocenters. The highest BCUT2D eigenvalue weighted by Crippen LogP contribution is 2.17. The molecule has 1 heterocycles. The van der Waals surface area contributed by atoms with E-state index in [9.17, 15) is 4.79 Å². The molecule has 1 fully saturated rings. The van der Waals surface area contributed by atoms with Gasteiger partial charge in [-0.05, 0) is 33.2 Å². The summed E-state index contributed by atoms with van der Waals surface area (Å²) in [4.78, 5) is 14.0. The van der Waals surface area contributed by atoms with Crippen LogP contribution in [0.15, 0.2) is 0 Å². The monoisotopic (exact) mass is 227 g/mol. The van der Waals surface area contributed by atoms with Gasteiger partial charge in [0.05, 0.1) is 12.5 Å². The molecule has 0 amide bonds. The maximum Gasteiger partial charge on any atom is 0.309 e. The van der Waals surface area contributed by atoms with Crippen LogP contribution in [0, 0.1) is 5.92 Å². The second-order valence-corrected chi connectivity index (χ2v) is 4.85. The minimum absolute atomic E-state index is 0.000463. The molecule has 0 aromatic carbocycles. The van der Waals surface area contributed by atoms with Gasteiger partial charge in [-0.1, -0.05) is 19.8 Å². The first-order chi connectivity index (χ1) is 7.65. The van der Waals surface area contributed by atoms with Crippen LogP contribution < -0.4 is 0 Å². The molecule has 0 N–H and O–H groups in total. The molecule has 0 bridgehead atoms. The molecule has 0 aromatic heterocycles. The molecular formula is C13H25NO2. The maximum atomic E-state index is 11.6. The van der Waals surface area contributed by atoms with Crippen molar-refractivity contribution in [2.45, 2.75) is 52.5 Å². The molecule has 0 radical (unpaired) electrons. The largest absolute Gasteiger partial charge is 0.466 e. The number of ether oxygens (including phenoxy) is 1. The van der Waals surface area contributed by atoms with E-state index in [1.54, 1.807) is 0 Å². The lowest BCUT2D eigenvalue weighted by molar-refractivity contribution is -0.148. The summed E-state index contributed by atoms with van der Waals surface area (Å²) in [5.74, 6) is -0.0561. The molecule has 3 heteroatoms. The van der Waals surface area contributed by atoms with E-state index in [2.05, 4.69) is 11.8 Å². The van der Waals surface area contributed by atoms with Gasteiger partial charge < -0.3 is 4.74 Å². The molecule has 3 nitrogen and oxygen atoms in total. The third kappa shape index (κ3) is 4.12. The Labute approximate surface area is 99.1 Å². The molecular weight excluding hydrogens is 202 g/mol. The van der Waals surface area contributed by atoms with Crippen molar-refractivity contribution in [2.24, 2.45) is 5.92 Å². The molecule has 1 saturated heterocycles. The van der Waals surface area contributed by atoms with Gasteiger partial charge in [-0.2, -0.15) is 0 Å². The number of nitrogens with zero attached hydrogens (tertiary/aromatic N) is 1. The highest BCUT2D eigenvalue weighted by atomic mass is 16.5. The van der Waals surface area contributed by atoms with Gasteiger partial charge in [-0.3, -0.25) is 9.69 Å². The van der Waals surface area contributed by atoms with Crippen molar-refractivity contribution in [2.75, 3.05) is 19.7 Å². The summed E-state index contributed by atoms with van der Waals surface area (Å²) >= 11 is 0. The van der Waals surface area contributed by atoms with Gasteiger partial charge in [0, 0.05) is 12.6 Å². The first kappa shape index (κ1) is 13.5. The summed E-state index contributed by atoms with van der Waals surface area (Å²) in [7, 11) is 0. The molecule has 0 aliphatic carbocycles. The molecule has 1 rings (SSSR count). The summed E-state index contributed by atoms with van der Waals surface area (Å²) in [5, 5.41) is 0. The zero-order chi connectivity index (χ0) is 12.0. The van der Waals surface area contributed by atoms with Crippen LogP contribution in [0.5, 0.6) is 0 Å². The van der Waals surface area contributed by atoms with Crippen molar-refractivity contribution in [1.29, 1.82) is 0 Å². The van der Waals surface area contributed by atoms with Gasteiger partial charge in [0.25, 0.3) is 0 Å². The van der Waals surface area contributed by atoms with Crippen molar-refractivity contribution in [3.05, 3.63) is 0 Å². The van der Waals surface area contributed by atoms with E-state index in [1.165, 1.54) is 25.7 Å². The third-order valence-electron chi connectivity index (χ3n) is 3.39. The van der Waals surface area contributed by atoms with Crippen LogP contribution in [-0.2, 0) is 9.53 Å². The summed E-state index contributed by atoms with van der Waals surface area (Å²) in [6.45, 7) is 8.56. The molecule has 16 heavy (non-hydrogen) atoms. The second kappa shape index (κ2) is 6.89. The Bertz CT molecular complexity index is 218. The van der Waals surface area contributed by atoms with Crippen molar-refractivity contribution >= 4 is 5.97 Å². The van der Waals surface area contributed by atoms with Gasteiger partial charge in [-0.15, -0.1) is 0 Å². The van der Waals surface area contributed by atoms with Crippen LogP contribution in [-0.4, -0.2) is 36.6 Å². The summed E-state index contributed by atoms with van der Waals surface area (Å²) in [6.07, 6.45) is 5.18. The Morgan fingerprint density at radius 1 is 1.44 bits per heavy atom. The van der Waals surface area contributed by atoms with Crippen molar-refractivity contribution in [3.63, 3.8) is 0 Å². The van der Waals surface area contributed by atoms with Crippen LogP contribution in [0.1, 0.15) is 46.5 Å². The maximum absolute atomic E-state index is 11.6. The number of hydrogen-bond acceptors (Lipinski definition) is 3. The van der Waals surface area contributed by atoms with E-state index in [0.29, 0.717) is 12.6 Å². The summed E-state index contributed by atoms with van der Waals surface area (Å²) in [6, 6.07) is 0.611. The SMILES string of the molecule is CCOC(=O)C(C)CN1CCCCCC1C. The fraction of sp³-hybridized carbons (Fsp3) is 0.923. The summed E-state index contributed by atoms with van der Waals surface area (Å²) < 4.78 is 5.05. The minimum Gasteiger partial charge on any atom is -0.466 e. The zero-order valence-corrected chi connectivity index (χ0v) is 10.9. The normalized spacial score (nSPS) is 24.8. The molecule has 94 valence electrons. The van der Waals surface area contributed by atoms with Gasteiger partial charge in [0.15, 0.2) is 0 Å². The quantitative estimate of drug-likeness (QED) is 0.691. The Kier molecular flexibility index (Phi) is 5.81. The smallest absolute Gasteiger partial charge is 0.309 e. The number of carbonyl (C=O) groups excluding carboxylic acids is 1. The second-order valence-electron chi connectivity index (χ2n) is 4.85. The Balaban J connectivity index is 2.41. The molecule has 2 unspecified atom stereocenters. The highest BCUT2D eigenvalue weighted by Gasteiger charge is 2.22. The van der Waals surface area contributed by atoms with E-state index < -0.39 is 0 Å². The van der Waals surface area contributed by atoms with Crippen molar-refractivity contribution < 1.29 is 9.53 Å². The Morgan fingerprint density at radius 3 is 2.88 bits per heavy atom. The van der Waals surface area contributed by atoms with E-state index in [0.717, 1.165) is 13.1 Å². The van der Waals surface area contributed by atoms with Crippen LogP contribution in [0.3, 0.4) is 0 Å². The van der Waals surface area contributed by atoms with Gasteiger partial charge in [0.2, 0.25) is 0 Å². The number of esters is 1. The van der Waals surface area contributed by atoms with Crippen LogP contribution in [0.2, 0.25) is 0 Å². The fourth-order valence-corrected chi connectivity index (χ4v) is 2.32. The average molecular weight is 227 g/mol. The predicted octanol–water partition coefficient (Wildman–Crippen LogP) is 2.45. The zero-order valence-electron chi connectivity index (χ0n) is 10.9. The van der Waals surface area contributed by atoms with Crippen molar-refractivity contribution in [3.8, 4) is 0 Å². The highest BCUT2D eigenvalue weighted by molar-refractivity contribution is 5.72.